The minimum Gasteiger partial charge on any atom is -0.464 e. The van der Waals surface area contributed by atoms with Gasteiger partial charge in [-0.1, -0.05) is 43.2 Å². The van der Waals surface area contributed by atoms with Crippen molar-refractivity contribution in [3.8, 4) is 0 Å². The van der Waals surface area contributed by atoms with Crippen LogP contribution in [0.4, 0.5) is 0 Å². The lowest BCUT2D eigenvalue weighted by Gasteiger charge is -2.38. The van der Waals surface area contributed by atoms with Crippen LogP contribution in [0.5, 0.6) is 0 Å². The molecule has 1 aromatic carbocycles. The maximum atomic E-state index is 13.6. The van der Waals surface area contributed by atoms with Gasteiger partial charge in [0, 0.05) is 13.2 Å². The van der Waals surface area contributed by atoms with Crippen LogP contribution in [-0.4, -0.2) is 53.9 Å². The van der Waals surface area contributed by atoms with Crippen molar-refractivity contribution in [2.75, 3.05) is 19.8 Å². The van der Waals surface area contributed by atoms with Gasteiger partial charge in [-0.15, -0.1) is 0 Å². The predicted molar refractivity (Wildman–Crippen MR) is 134 cm³/mol. The predicted octanol–water partition coefficient (Wildman–Crippen LogP) is 3.21. The first kappa shape index (κ1) is 26.5. The van der Waals surface area contributed by atoms with Gasteiger partial charge in [-0.3, -0.25) is 9.59 Å². The Morgan fingerprint density at radius 1 is 1.18 bits per heavy atom. The van der Waals surface area contributed by atoms with Crippen molar-refractivity contribution >= 4 is 30.4 Å². The summed E-state index contributed by atoms with van der Waals surface area (Å²) in [5, 5.41) is 5.98. The summed E-state index contributed by atoms with van der Waals surface area (Å²) < 4.78 is 9.76. The van der Waals surface area contributed by atoms with Crippen LogP contribution in [0.3, 0.4) is 0 Å². The summed E-state index contributed by atoms with van der Waals surface area (Å²) in [5.41, 5.74) is 0.0428. The quantitative estimate of drug-likeness (QED) is 0.346. The topological polar surface area (TPSA) is 93.7 Å². The van der Waals surface area contributed by atoms with Gasteiger partial charge >= 0.3 is 5.97 Å². The average molecular weight is 491 g/mol. The molecule has 1 unspecified atom stereocenters. The standard InChI is InChI=1S/C26H38N2O5S/c1-3-33-22(29)21(12-11-19-9-5-4-6-10-19)27-24(31)26(15-7-8-16-26)28-23(30)25(2,34)20-13-17-32-18-14-20/h4-6,9-10,20-21,34H,3,7-8,11-18H2,1-2H3,(H,27,31)(H,28,30)/t21-,25?/m0/s1. The van der Waals surface area contributed by atoms with Crippen LogP contribution in [0.1, 0.15) is 64.4 Å². The first-order valence-corrected chi connectivity index (χ1v) is 12.9. The molecule has 2 aliphatic rings. The van der Waals surface area contributed by atoms with E-state index in [9.17, 15) is 14.4 Å². The number of carbonyl (C=O) groups is 3. The summed E-state index contributed by atoms with van der Waals surface area (Å²) >= 11 is 4.73. The van der Waals surface area contributed by atoms with E-state index in [1.165, 1.54) is 0 Å². The molecule has 3 rings (SSSR count). The van der Waals surface area contributed by atoms with E-state index in [4.69, 9.17) is 22.1 Å². The second-order valence-electron chi connectivity index (χ2n) is 9.58. The summed E-state index contributed by atoms with van der Waals surface area (Å²) in [6.07, 6.45) is 5.32. The van der Waals surface area contributed by atoms with Gasteiger partial charge in [0.15, 0.2) is 0 Å². The van der Waals surface area contributed by atoms with Crippen LogP contribution in [0.2, 0.25) is 0 Å². The smallest absolute Gasteiger partial charge is 0.328 e. The zero-order valence-corrected chi connectivity index (χ0v) is 21.2. The molecule has 2 amide bonds. The summed E-state index contributed by atoms with van der Waals surface area (Å²) in [7, 11) is 0. The minimum absolute atomic E-state index is 0.0734. The molecule has 1 aliphatic carbocycles. The molecule has 0 radical (unpaired) electrons. The zero-order valence-electron chi connectivity index (χ0n) is 20.3. The third kappa shape index (κ3) is 6.54. The number of esters is 1. The molecule has 1 saturated carbocycles. The Labute approximate surface area is 208 Å². The molecule has 0 aromatic heterocycles. The Morgan fingerprint density at radius 2 is 1.82 bits per heavy atom. The largest absolute Gasteiger partial charge is 0.464 e. The lowest BCUT2D eigenvalue weighted by molar-refractivity contribution is -0.148. The van der Waals surface area contributed by atoms with E-state index < -0.39 is 22.3 Å². The number of hydrogen-bond acceptors (Lipinski definition) is 6. The first-order valence-electron chi connectivity index (χ1n) is 12.4. The fraction of sp³-hybridized carbons (Fsp3) is 0.654. The monoisotopic (exact) mass is 490 g/mol. The molecule has 7 nitrogen and oxygen atoms in total. The number of benzene rings is 1. The third-order valence-electron chi connectivity index (χ3n) is 7.16. The highest BCUT2D eigenvalue weighted by Crippen LogP contribution is 2.36. The maximum absolute atomic E-state index is 13.6. The molecular weight excluding hydrogens is 452 g/mol. The molecule has 8 heteroatoms. The second kappa shape index (κ2) is 12.1. The molecule has 2 N–H and O–H groups in total. The highest BCUT2D eigenvalue weighted by Gasteiger charge is 2.48. The number of nitrogens with one attached hydrogen (secondary N) is 2. The van der Waals surface area contributed by atoms with E-state index >= 15 is 0 Å². The number of aryl methyl sites for hydroxylation is 1. The SMILES string of the molecule is CCOC(=O)[C@H](CCc1ccccc1)NC(=O)C1(NC(=O)C(C)(S)C2CCOCC2)CCCC1. The van der Waals surface area contributed by atoms with Gasteiger partial charge in [0.05, 0.1) is 11.4 Å². The van der Waals surface area contributed by atoms with Crippen LogP contribution in [-0.2, 0) is 30.3 Å². The van der Waals surface area contributed by atoms with Crippen LogP contribution >= 0.6 is 12.6 Å². The van der Waals surface area contributed by atoms with Gasteiger partial charge < -0.3 is 20.1 Å². The number of hydrogen-bond donors (Lipinski definition) is 3. The molecule has 1 saturated heterocycles. The van der Waals surface area contributed by atoms with Gasteiger partial charge in [-0.2, -0.15) is 12.6 Å². The molecular formula is C26H38N2O5S. The van der Waals surface area contributed by atoms with Crippen molar-refractivity contribution in [3.05, 3.63) is 35.9 Å². The molecule has 1 heterocycles. The number of ether oxygens (including phenoxy) is 2. The molecule has 1 aliphatic heterocycles. The molecule has 0 bridgehead atoms. The fourth-order valence-corrected chi connectivity index (χ4v) is 5.23. The minimum atomic E-state index is -1.04. The lowest BCUT2D eigenvalue weighted by atomic mass is 9.84. The van der Waals surface area contributed by atoms with Gasteiger partial charge in [-0.05, 0) is 63.9 Å². The number of thiol groups is 1. The van der Waals surface area contributed by atoms with Crippen LogP contribution in [0.25, 0.3) is 0 Å². The Balaban J connectivity index is 1.71. The van der Waals surface area contributed by atoms with E-state index in [1.807, 2.05) is 37.3 Å². The van der Waals surface area contributed by atoms with Crippen LogP contribution in [0, 0.1) is 5.92 Å². The van der Waals surface area contributed by atoms with Crippen molar-refractivity contribution in [1.82, 2.24) is 10.6 Å². The summed E-state index contributed by atoms with van der Waals surface area (Å²) in [4.78, 5) is 39.6. The summed E-state index contributed by atoms with van der Waals surface area (Å²) in [6.45, 7) is 5.03. The van der Waals surface area contributed by atoms with E-state index in [1.54, 1.807) is 6.92 Å². The van der Waals surface area contributed by atoms with Crippen LogP contribution < -0.4 is 10.6 Å². The highest BCUT2D eigenvalue weighted by atomic mass is 32.1. The van der Waals surface area contributed by atoms with Gasteiger partial charge in [0.2, 0.25) is 11.8 Å². The number of amides is 2. The van der Waals surface area contributed by atoms with Gasteiger partial charge in [0.1, 0.15) is 11.6 Å². The fourth-order valence-electron chi connectivity index (χ4n) is 4.92. The Bertz CT molecular complexity index is 833. The Hall–Kier alpha value is -2.06. The summed E-state index contributed by atoms with van der Waals surface area (Å²) in [6, 6.07) is 9.04. The van der Waals surface area contributed by atoms with Crippen molar-refractivity contribution in [3.63, 3.8) is 0 Å². The maximum Gasteiger partial charge on any atom is 0.328 e. The zero-order chi connectivity index (χ0) is 24.6. The molecule has 34 heavy (non-hydrogen) atoms. The van der Waals surface area contributed by atoms with Crippen molar-refractivity contribution < 1.29 is 23.9 Å². The third-order valence-corrected chi connectivity index (χ3v) is 7.73. The summed E-state index contributed by atoms with van der Waals surface area (Å²) in [5.74, 6) is -0.936. The molecule has 2 atom stereocenters. The van der Waals surface area contributed by atoms with Gasteiger partial charge in [0.25, 0.3) is 0 Å². The van der Waals surface area contributed by atoms with E-state index in [0.717, 1.165) is 31.2 Å². The Kier molecular flexibility index (Phi) is 9.42. The van der Waals surface area contributed by atoms with Crippen molar-refractivity contribution in [2.45, 2.75) is 81.5 Å². The van der Waals surface area contributed by atoms with Crippen LogP contribution in [0.15, 0.2) is 30.3 Å². The normalized spacial score (nSPS) is 20.7. The number of rotatable bonds is 10. The van der Waals surface area contributed by atoms with E-state index in [-0.39, 0.29) is 24.3 Å². The molecule has 2 fully saturated rings. The van der Waals surface area contributed by atoms with Crippen molar-refractivity contribution in [2.24, 2.45) is 5.92 Å². The second-order valence-corrected chi connectivity index (χ2v) is 10.5. The molecule has 1 aromatic rings. The number of carbonyl (C=O) groups excluding carboxylic acids is 3. The van der Waals surface area contributed by atoms with E-state index in [2.05, 4.69) is 10.6 Å². The van der Waals surface area contributed by atoms with E-state index in [0.29, 0.717) is 38.9 Å². The highest BCUT2D eigenvalue weighted by molar-refractivity contribution is 7.82. The lowest BCUT2D eigenvalue weighted by Crippen LogP contribution is -2.63. The van der Waals surface area contributed by atoms with Gasteiger partial charge in [-0.25, -0.2) is 4.79 Å². The molecule has 0 spiro atoms. The van der Waals surface area contributed by atoms with Crippen molar-refractivity contribution in [1.29, 1.82) is 0 Å². The molecule has 188 valence electrons. The first-order chi connectivity index (χ1) is 16.3. The Morgan fingerprint density at radius 3 is 2.44 bits per heavy atom. The average Bonchev–Trinajstić information content (AvgIpc) is 3.32.